The fraction of sp³-hybridized carbons (Fsp3) is 0.684. The smallest absolute Gasteiger partial charge is 0.327 e. The summed E-state index contributed by atoms with van der Waals surface area (Å²) >= 11 is 5.30. The minimum Gasteiger partial charge on any atom is -0.481 e. The Morgan fingerprint density at radius 1 is 0.914 bits per heavy atom. The number of thioether (sulfide) groups is 1. The molecule has 3 amide bonds. The number of amides is 3. The number of nitrogens with zero attached hydrogens (tertiary/aromatic N) is 1. The van der Waals surface area contributed by atoms with Crippen LogP contribution in [0.4, 0.5) is 0 Å². The van der Waals surface area contributed by atoms with Crippen molar-refractivity contribution in [3.63, 3.8) is 0 Å². The number of nitrogens with one attached hydrogen (secondary N) is 3. The zero-order chi connectivity index (χ0) is 27.0. The highest BCUT2D eigenvalue weighted by molar-refractivity contribution is 7.98. The number of carbonyl (C=O) groups excluding carboxylic acids is 3. The van der Waals surface area contributed by atoms with E-state index >= 15 is 0 Å². The molecule has 0 aliphatic heterocycles. The van der Waals surface area contributed by atoms with Crippen LogP contribution in [0.15, 0.2) is 4.99 Å². The average Bonchev–Trinajstić information content (AvgIpc) is 2.79. The van der Waals surface area contributed by atoms with Crippen LogP contribution in [0.25, 0.3) is 0 Å². The molecule has 11 N–H and O–H groups in total. The van der Waals surface area contributed by atoms with Gasteiger partial charge in [-0.2, -0.15) is 24.4 Å². The second-order valence-corrected chi connectivity index (χ2v) is 8.82. The Morgan fingerprint density at radius 3 is 1.94 bits per heavy atom. The summed E-state index contributed by atoms with van der Waals surface area (Å²) in [5.41, 5.74) is 16.3. The van der Waals surface area contributed by atoms with Gasteiger partial charge >= 0.3 is 11.9 Å². The number of aliphatic imine (C=N–C) groups is 1. The Balaban J connectivity index is 5.35. The molecule has 0 aliphatic carbocycles. The van der Waals surface area contributed by atoms with Crippen LogP contribution in [0.1, 0.15) is 32.1 Å². The number of nitrogens with two attached hydrogens (primary N) is 3. The first kappa shape index (κ1) is 32.3. The molecule has 14 nitrogen and oxygen atoms in total. The molecule has 16 heteroatoms. The molecule has 0 aromatic carbocycles. The highest BCUT2D eigenvalue weighted by atomic mass is 32.2. The second-order valence-electron chi connectivity index (χ2n) is 7.47. The summed E-state index contributed by atoms with van der Waals surface area (Å²) in [4.78, 5) is 64.0. The lowest BCUT2D eigenvalue weighted by molar-refractivity contribution is -0.141. The minimum atomic E-state index is -1.29. The number of aliphatic carboxylic acids is 2. The van der Waals surface area contributed by atoms with E-state index < -0.39 is 60.2 Å². The van der Waals surface area contributed by atoms with Gasteiger partial charge in [0, 0.05) is 18.7 Å². The Labute approximate surface area is 213 Å². The third-order valence-electron chi connectivity index (χ3n) is 4.63. The Morgan fingerprint density at radius 2 is 1.46 bits per heavy atom. The number of carboxylic acid groups (broad SMARTS) is 2. The standard InChI is InChI=1S/C19H35N7O7S2/c1-35-8-6-12(17(31)26-13(9-34)18(32)33)25-16(30)11(4-5-14(27)28)24-15(29)10(20)3-2-7-23-19(21)22/h10-13,34H,2-9,20H2,1H3,(H,24,29)(H,25,30)(H,26,31)(H,27,28)(H,32,33)(H4,21,22,23). The van der Waals surface area contributed by atoms with Crippen LogP contribution in [-0.4, -0.2) is 94.3 Å². The van der Waals surface area contributed by atoms with Crippen LogP contribution < -0.4 is 33.2 Å². The van der Waals surface area contributed by atoms with Crippen molar-refractivity contribution >= 4 is 60.0 Å². The van der Waals surface area contributed by atoms with Crippen LogP contribution in [-0.2, 0) is 24.0 Å². The number of hydrogen-bond donors (Lipinski definition) is 9. The quantitative estimate of drug-likeness (QED) is 0.0381. The van der Waals surface area contributed by atoms with Gasteiger partial charge < -0.3 is 43.4 Å². The maximum Gasteiger partial charge on any atom is 0.327 e. The van der Waals surface area contributed by atoms with Crippen molar-refractivity contribution in [3.8, 4) is 0 Å². The minimum absolute atomic E-state index is 0.0995. The van der Waals surface area contributed by atoms with Crippen molar-refractivity contribution in [2.75, 3.05) is 24.3 Å². The summed E-state index contributed by atoms with van der Waals surface area (Å²) < 4.78 is 0. The van der Waals surface area contributed by atoms with Crippen molar-refractivity contribution in [1.82, 2.24) is 16.0 Å². The lowest BCUT2D eigenvalue weighted by Gasteiger charge is -2.24. The van der Waals surface area contributed by atoms with Gasteiger partial charge in [0.15, 0.2) is 5.96 Å². The van der Waals surface area contributed by atoms with Gasteiger partial charge in [-0.3, -0.25) is 24.2 Å². The van der Waals surface area contributed by atoms with Crippen molar-refractivity contribution < 1.29 is 34.2 Å². The van der Waals surface area contributed by atoms with Crippen LogP contribution in [0.3, 0.4) is 0 Å². The zero-order valence-electron chi connectivity index (χ0n) is 19.4. The lowest BCUT2D eigenvalue weighted by atomic mass is 10.1. The van der Waals surface area contributed by atoms with E-state index in [0.29, 0.717) is 12.2 Å². The normalized spacial score (nSPS) is 14.0. The topological polar surface area (TPSA) is 252 Å². The van der Waals surface area contributed by atoms with Gasteiger partial charge in [-0.25, -0.2) is 4.79 Å². The van der Waals surface area contributed by atoms with E-state index in [2.05, 4.69) is 33.6 Å². The number of thiol groups is 1. The van der Waals surface area contributed by atoms with E-state index in [4.69, 9.17) is 27.4 Å². The molecule has 0 aromatic rings. The summed E-state index contributed by atoms with van der Waals surface area (Å²) in [5, 5.41) is 25.3. The molecule has 0 saturated heterocycles. The van der Waals surface area contributed by atoms with Gasteiger partial charge in [0.25, 0.3) is 0 Å². The number of rotatable bonds is 18. The van der Waals surface area contributed by atoms with Crippen LogP contribution in [0.5, 0.6) is 0 Å². The summed E-state index contributed by atoms with van der Waals surface area (Å²) in [6.07, 6.45) is 1.87. The monoisotopic (exact) mass is 537 g/mol. The van der Waals surface area contributed by atoms with Crippen molar-refractivity contribution in [2.45, 2.75) is 56.3 Å². The summed E-state index contributed by atoms with van der Waals surface area (Å²) in [6.45, 7) is 0.252. The Hall–Kier alpha value is -2.72. The van der Waals surface area contributed by atoms with E-state index in [1.165, 1.54) is 11.8 Å². The molecule has 35 heavy (non-hydrogen) atoms. The van der Waals surface area contributed by atoms with Crippen molar-refractivity contribution in [3.05, 3.63) is 0 Å². The molecule has 0 rings (SSSR count). The van der Waals surface area contributed by atoms with Gasteiger partial charge in [-0.05, 0) is 37.7 Å². The maximum absolute atomic E-state index is 12.9. The van der Waals surface area contributed by atoms with E-state index in [1.54, 1.807) is 6.26 Å². The number of guanidine groups is 1. The van der Waals surface area contributed by atoms with E-state index in [0.717, 1.165) is 0 Å². The molecular formula is C19H35N7O7S2. The maximum atomic E-state index is 12.9. The molecular weight excluding hydrogens is 502 g/mol. The van der Waals surface area contributed by atoms with Crippen LogP contribution >= 0.6 is 24.4 Å². The van der Waals surface area contributed by atoms with Gasteiger partial charge in [0.2, 0.25) is 17.7 Å². The molecule has 4 atom stereocenters. The molecule has 200 valence electrons. The Kier molecular flexibility index (Phi) is 16.3. The molecule has 0 radical (unpaired) electrons. The zero-order valence-corrected chi connectivity index (χ0v) is 21.1. The van der Waals surface area contributed by atoms with Crippen molar-refractivity contribution in [2.24, 2.45) is 22.2 Å². The van der Waals surface area contributed by atoms with E-state index in [9.17, 15) is 24.0 Å². The number of carbonyl (C=O) groups is 5. The third-order valence-corrected chi connectivity index (χ3v) is 5.63. The molecule has 0 aromatic heterocycles. The predicted octanol–water partition coefficient (Wildman–Crippen LogP) is -2.55. The molecule has 0 spiro atoms. The largest absolute Gasteiger partial charge is 0.481 e. The average molecular weight is 538 g/mol. The van der Waals surface area contributed by atoms with Crippen molar-refractivity contribution in [1.29, 1.82) is 0 Å². The molecule has 4 unspecified atom stereocenters. The molecule has 0 heterocycles. The summed E-state index contributed by atoms with van der Waals surface area (Å²) in [5.74, 6) is -4.51. The first-order valence-electron chi connectivity index (χ1n) is 10.7. The third kappa shape index (κ3) is 14.3. The SMILES string of the molecule is CSCCC(NC(=O)C(CCC(=O)O)NC(=O)C(N)CCCN=C(N)N)C(=O)NC(CS)C(=O)O. The summed E-state index contributed by atoms with van der Waals surface area (Å²) in [6, 6.07) is -4.67. The first-order valence-corrected chi connectivity index (χ1v) is 12.7. The van der Waals surface area contributed by atoms with Crippen LogP contribution in [0.2, 0.25) is 0 Å². The fourth-order valence-corrected chi connectivity index (χ4v) is 3.42. The molecule has 0 fully saturated rings. The second kappa shape index (κ2) is 17.7. The fourth-order valence-electron chi connectivity index (χ4n) is 2.70. The molecule has 0 aliphatic rings. The predicted molar refractivity (Wildman–Crippen MR) is 135 cm³/mol. The van der Waals surface area contributed by atoms with Gasteiger partial charge in [0.1, 0.15) is 18.1 Å². The summed E-state index contributed by atoms with van der Waals surface area (Å²) in [7, 11) is 0. The van der Waals surface area contributed by atoms with Gasteiger partial charge in [0.05, 0.1) is 6.04 Å². The number of hydrogen-bond acceptors (Lipinski definition) is 9. The van der Waals surface area contributed by atoms with Gasteiger partial charge in [-0.1, -0.05) is 0 Å². The lowest BCUT2D eigenvalue weighted by Crippen LogP contribution is -2.57. The van der Waals surface area contributed by atoms with E-state index in [-0.39, 0.29) is 37.5 Å². The highest BCUT2D eigenvalue weighted by Crippen LogP contribution is 2.06. The van der Waals surface area contributed by atoms with Crippen LogP contribution in [0, 0.1) is 0 Å². The highest BCUT2D eigenvalue weighted by Gasteiger charge is 2.30. The van der Waals surface area contributed by atoms with E-state index in [1.807, 2.05) is 0 Å². The molecule has 0 bridgehead atoms. The first-order chi connectivity index (χ1) is 16.4. The Bertz CT molecular complexity index is 766. The number of carboxylic acids is 2. The molecule has 0 saturated carbocycles. The van der Waals surface area contributed by atoms with Gasteiger partial charge in [-0.15, -0.1) is 0 Å².